The van der Waals surface area contributed by atoms with Crippen molar-refractivity contribution in [1.82, 2.24) is 5.32 Å². The fraction of sp³-hybridized carbons (Fsp3) is 0.381. The van der Waals surface area contributed by atoms with Crippen LogP contribution in [0.25, 0.3) is 0 Å². The SMILES string of the molecule is CCOc1ccc(CC(=O)Nc2sc3c(c2C(=O)NC(=O)OC)CCCC3)cc1. The van der Waals surface area contributed by atoms with Crippen molar-refractivity contribution >= 4 is 34.2 Å². The first-order valence-electron chi connectivity index (χ1n) is 9.57. The van der Waals surface area contributed by atoms with Crippen LogP contribution in [-0.2, 0) is 28.8 Å². The summed E-state index contributed by atoms with van der Waals surface area (Å²) in [5.74, 6) is -0.0168. The van der Waals surface area contributed by atoms with Crippen molar-refractivity contribution in [2.24, 2.45) is 0 Å². The van der Waals surface area contributed by atoms with Crippen LogP contribution in [0, 0.1) is 0 Å². The number of alkyl carbamates (subject to hydrolysis) is 1. The Morgan fingerprint density at radius 3 is 2.52 bits per heavy atom. The minimum absolute atomic E-state index is 0.174. The van der Waals surface area contributed by atoms with Crippen LogP contribution in [-0.4, -0.2) is 31.6 Å². The average molecular weight is 416 g/mol. The van der Waals surface area contributed by atoms with Gasteiger partial charge in [-0.15, -0.1) is 11.3 Å². The lowest BCUT2D eigenvalue weighted by atomic mass is 9.95. The molecule has 1 aliphatic rings. The molecule has 0 unspecified atom stereocenters. The van der Waals surface area contributed by atoms with Crippen LogP contribution in [0.3, 0.4) is 0 Å². The van der Waals surface area contributed by atoms with Gasteiger partial charge in [0.25, 0.3) is 5.91 Å². The van der Waals surface area contributed by atoms with Gasteiger partial charge < -0.3 is 14.8 Å². The molecule has 2 aromatic rings. The average Bonchev–Trinajstić information content (AvgIpc) is 3.07. The van der Waals surface area contributed by atoms with Gasteiger partial charge in [0.15, 0.2) is 0 Å². The molecule has 29 heavy (non-hydrogen) atoms. The molecule has 2 N–H and O–H groups in total. The maximum absolute atomic E-state index is 12.6. The molecule has 1 aromatic heterocycles. The van der Waals surface area contributed by atoms with Gasteiger partial charge in [-0.05, 0) is 55.9 Å². The quantitative estimate of drug-likeness (QED) is 0.749. The molecule has 0 spiro atoms. The normalized spacial score (nSPS) is 12.6. The monoisotopic (exact) mass is 416 g/mol. The Kier molecular flexibility index (Phi) is 6.87. The van der Waals surface area contributed by atoms with Crippen LogP contribution in [0.5, 0.6) is 5.75 Å². The van der Waals surface area contributed by atoms with E-state index in [-0.39, 0.29) is 12.3 Å². The number of rotatable bonds is 6. The molecule has 0 saturated carbocycles. The summed E-state index contributed by atoms with van der Waals surface area (Å²) in [4.78, 5) is 37.8. The van der Waals surface area contributed by atoms with Gasteiger partial charge in [0.2, 0.25) is 5.91 Å². The number of benzene rings is 1. The van der Waals surface area contributed by atoms with Crippen molar-refractivity contribution in [2.75, 3.05) is 19.0 Å². The van der Waals surface area contributed by atoms with E-state index >= 15 is 0 Å². The summed E-state index contributed by atoms with van der Waals surface area (Å²) in [5, 5.41) is 5.55. The molecule has 154 valence electrons. The van der Waals surface area contributed by atoms with E-state index in [4.69, 9.17) is 4.74 Å². The maximum Gasteiger partial charge on any atom is 0.413 e. The number of imide groups is 1. The molecule has 0 bridgehead atoms. The third kappa shape index (κ3) is 5.14. The lowest BCUT2D eigenvalue weighted by Gasteiger charge is -2.12. The van der Waals surface area contributed by atoms with E-state index in [1.54, 1.807) is 0 Å². The van der Waals surface area contributed by atoms with E-state index in [0.717, 1.165) is 47.4 Å². The number of carbonyl (C=O) groups excluding carboxylic acids is 3. The van der Waals surface area contributed by atoms with E-state index in [9.17, 15) is 14.4 Å². The first-order valence-corrected chi connectivity index (χ1v) is 10.4. The highest BCUT2D eigenvalue weighted by Gasteiger charge is 2.27. The second-order valence-electron chi connectivity index (χ2n) is 6.66. The summed E-state index contributed by atoms with van der Waals surface area (Å²) >= 11 is 1.41. The summed E-state index contributed by atoms with van der Waals surface area (Å²) in [6.45, 7) is 2.50. The summed E-state index contributed by atoms with van der Waals surface area (Å²) in [6.07, 6.45) is 3.00. The van der Waals surface area contributed by atoms with Gasteiger partial charge in [0, 0.05) is 4.88 Å². The highest BCUT2D eigenvalue weighted by molar-refractivity contribution is 7.17. The Morgan fingerprint density at radius 1 is 1.10 bits per heavy atom. The van der Waals surface area contributed by atoms with Gasteiger partial charge in [0.05, 0.1) is 25.7 Å². The molecule has 0 atom stereocenters. The molecule has 7 nitrogen and oxygen atoms in total. The maximum atomic E-state index is 12.6. The number of amides is 3. The number of carbonyl (C=O) groups is 3. The minimum Gasteiger partial charge on any atom is -0.494 e. The Balaban J connectivity index is 1.76. The number of anilines is 1. The number of ether oxygens (including phenoxy) is 2. The zero-order valence-electron chi connectivity index (χ0n) is 16.5. The van der Waals surface area contributed by atoms with Crippen LogP contribution in [0.15, 0.2) is 24.3 Å². The van der Waals surface area contributed by atoms with Gasteiger partial charge in [-0.2, -0.15) is 0 Å². The predicted octanol–water partition coefficient (Wildman–Crippen LogP) is 3.70. The molecule has 1 aliphatic carbocycles. The molecular weight excluding hydrogens is 392 g/mol. The van der Waals surface area contributed by atoms with Crippen LogP contribution in [0.4, 0.5) is 9.80 Å². The molecule has 0 radical (unpaired) electrons. The van der Waals surface area contributed by atoms with Crippen LogP contribution in [0.1, 0.15) is 46.1 Å². The minimum atomic E-state index is -0.822. The Hall–Kier alpha value is -2.87. The molecule has 0 saturated heterocycles. The number of aryl methyl sites for hydroxylation is 1. The van der Waals surface area contributed by atoms with E-state index in [1.165, 1.54) is 18.4 Å². The first kappa shape index (κ1) is 20.9. The van der Waals surface area contributed by atoms with E-state index in [0.29, 0.717) is 17.2 Å². The second kappa shape index (κ2) is 9.56. The highest BCUT2D eigenvalue weighted by atomic mass is 32.1. The third-order valence-corrected chi connectivity index (χ3v) is 5.86. The van der Waals surface area contributed by atoms with Crippen molar-refractivity contribution < 1.29 is 23.9 Å². The molecule has 1 aromatic carbocycles. The standard InChI is InChI=1S/C21H24N2O5S/c1-3-28-14-10-8-13(9-11-14)12-17(24)22-20-18(19(25)23-21(26)27-2)15-6-4-5-7-16(15)29-20/h8-11H,3-7,12H2,1-2H3,(H,22,24)(H,23,25,26). The summed E-state index contributed by atoms with van der Waals surface area (Å²) in [6, 6.07) is 7.33. The summed E-state index contributed by atoms with van der Waals surface area (Å²) < 4.78 is 9.93. The summed E-state index contributed by atoms with van der Waals surface area (Å²) in [5.41, 5.74) is 2.13. The molecule has 0 aliphatic heterocycles. The highest BCUT2D eigenvalue weighted by Crippen LogP contribution is 2.38. The van der Waals surface area contributed by atoms with E-state index in [1.807, 2.05) is 31.2 Å². The van der Waals surface area contributed by atoms with Gasteiger partial charge in [0.1, 0.15) is 10.8 Å². The van der Waals surface area contributed by atoms with Crippen LogP contribution in [0.2, 0.25) is 0 Å². The summed E-state index contributed by atoms with van der Waals surface area (Å²) in [7, 11) is 1.20. The molecule has 3 amide bonds. The third-order valence-electron chi connectivity index (χ3n) is 4.65. The molecule has 0 fully saturated rings. The Morgan fingerprint density at radius 2 is 1.83 bits per heavy atom. The smallest absolute Gasteiger partial charge is 0.413 e. The number of hydrogen-bond donors (Lipinski definition) is 2. The van der Waals surface area contributed by atoms with Crippen molar-refractivity contribution in [3.05, 3.63) is 45.8 Å². The Labute approximate surface area is 173 Å². The van der Waals surface area contributed by atoms with Crippen molar-refractivity contribution in [3.8, 4) is 5.75 Å². The molecule has 8 heteroatoms. The zero-order valence-corrected chi connectivity index (χ0v) is 17.3. The van der Waals surface area contributed by atoms with Crippen LogP contribution < -0.4 is 15.4 Å². The molecular formula is C21H24N2O5S. The van der Waals surface area contributed by atoms with Gasteiger partial charge in [-0.1, -0.05) is 12.1 Å². The second-order valence-corrected chi connectivity index (χ2v) is 7.77. The number of nitrogens with one attached hydrogen (secondary N) is 2. The van der Waals surface area contributed by atoms with Crippen molar-refractivity contribution in [1.29, 1.82) is 0 Å². The van der Waals surface area contributed by atoms with Gasteiger partial charge in [-0.3, -0.25) is 14.9 Å². The van der Waals surface area contributed by atoms with Crippen LogP contribution >= 0.6 is 11.3 Å². The lowest BCUT2D eigenvalue weighted by Crippen LogP contribution is -2.31. The van der Waals surface area contributed by atoms with Crippen molar-refractivity contribution in [2.45, 2.75) is 39.0 Å². The lowest BCUT2D eigenvalue weighted by molar-refractivity contribution is -0.115. The number of fused-ring (bicyclic) bond motifs is 1. The zero-order chi connectivity index (χ0) is 20.8. The number of hydrogen-bond acceptors (Lipinski definition) is 6. The first-order chi connectivity index (χ1) is 14.0. The fourth-order valence-corrected chi connectivity index (χ4v) is 4.63. The topological polar surface area (TPSA) is 93.7 Å². The fourth-order valence-electron chi connectivity index (χ4n) is 3.33. The Bertz CT molecular complexity index is 905. The van der Waals surface area contributed by atoms with Gasteiger partial charge in [-0.25, -0.2) is 4.79 Å². The molecule has 3 rings (SSSR count). The van der Waals surface area contributed by atoms with E-state index < -0.39 is 12.0 Å². The van der Waals surface area contributed by atoms with E-state index in [2.05, 4.69) is 15.4 Å². The molecule has 1 heterocycles. The number of methoxy groups -OCH3 is 1. The number of thiophene rings is 1. The predicted molar refractivity (Wildman–Crippen MR) is 111 cm³/mol. The van der Waals surface area contributed by atoms with Crippen molar-refractivity contribution in [3.63, 3.8) is 0 Å². The van der Waals surface area contributed by atoms with Gasteiger partial charge >= 0.3 is 6.09 Å². The largest absolute Gasteiger partial charge is 0.494 e.